The van der Waals surface area contributed by atoms with E-state index in [0.717, 1.165) is 6.42 Å². The van der Waals surface area contributed by atoms with Crippen molar-refractivity contribution in [1.29, 1.82) is 0 Å². The summed E-state index contributed by atoms with van der Waals surface area (Å²) in [6.07, 6.45) is 1.50. The maximum Gasteiger partial charge on any atom is 0.310 e. The highest BCUT2D eigenvalue weighted by Gasteiger charge is 2.30. The van der Waals surface area contributed by atoms with Crippen molar-refractivity contribution in [2.75, 3.05) is 13.2 Å². The summed E-state index contributed by atoms with van der Waals surface area (Å²) in [7, 11) is 0. The average Bonchev–Trinajstić information content (AvgIpc) is 2.15. The Bertz CT molecular complexity index is 216. The second-order valence-electron chi connectivity index (χ2n) is 4.93. The van der Waals surface area contributed by atoms with Crippen molar-refractivity contribution in [3.05, 3.63) is 0 Å². The number of aliphatic carboxylic acids is 1. The van der Waals surface area contributed by atoms with Crippen molar-refractivity contribution < 1.29 is 15.0 Å². The minimum Gasteiger partial charge on any atom is -0.481 e. The Morgan fingerprint density at radius 3 is 2.20 bits per heavy atom. The number of carboxylic acid groups (broad SMARTS) is 1. The molecule has 4 heteroatoms. The number of hydrogen-bond acceptors (Lipinski definition) is 3. The zero-order valence-corrected chi connectivity index (χ0v) is 10.1. The zero-order chi connectivity index (χ0) is 12.1. The van der Waals surface area contributed by atoms with Crippen LogP contribution in [0.5, 0.6) is 0 Å². The van der Waals surface area contributed by atoms with Gasteiger partial charge in [0.25, 0.3) is 0 Å². The van der Waals surface area contributed by atoms with Crippen molar-refractivity contribution in [1.82, 2.24) is 5.32 Å². The summed E-state index contributed by atoms with van der Waals surface area (Å²) in [5, 5.41) is 21.1. The molecule has 0 aliphatic carbocycles. The maximum absolute atomic E-state index is 10.9. The van der Waals surface area contributed by atoms with Gasteiger partial charge in [-0.3, -0.25) is 4.79 Å². The molecular formula is C11H23NO3. The van der Waals surface area contributed by atoms with E-state index in [4.69, 9.17) is 10.2 Å². The second-order valence-corrected chi connectivity index (χ2v) is 4.93. The Morgan fingerprint density at radius 1 is 1.33 bits per heavy atom. The number of hydrogen-bond donors (Lipinski definition) is 3. The normalized spacial score (nSPS) is 16.1. The largest absolute Gasteiger partial charge is 0.481 e. The van der Waals surface area contributed by atoms with Crippen LogP contribution in [0.1, 0.15) is 40.5 Å². The van der Waals surface area contributed by atoms with Crippen LogP contribution >= 0.6 is 0 Å². The Morgan fingerprint density at radius 2 is 1.87 bits per heavy atom. The van der Waals surface area contributed by atoms with Crippen molar-refractivity contribution in [2.24, 2.45) is 5.41 Å². The van der Waals surface area contributed by atoms with Crippen LogP contribution in [-0.2, 0) is 4.79 Å². The molecule has 0 saturated carbocycles. The van der Waals surface area contributed by atoms with E-state index in [1.807, 2.05) is 13.8 Å². The van der Waals surface area contributed by atoms with Crippen molar-refractivity contribution in [3.8, 4) is 0 Å². The van der Waals surface area contributed by atoms with Gasteiger partial charge in [-0.2, -0.15) is 0 Å². The lowest BCUT2D eigenvalue weighted by atomic mass is 9.89. The number of aliphatic hydroxyl groups is 1. The predicted octanol–water partition coefficient (Wildman–Crippen LogP) is 1.24. The Kier molecular flexibility index (Phi) is 5.24. The second kappa shape index (κ2) is 5.47. The van der Waals surface area contributed by atoms with Crippen LogP contribution in [0.3, 0.4) is 0 Å². The van der Waals surface area contributed by atoms with Gasteiger partial charge in [0, 0.05) is 18.7 Å². The van der Waals surface area contributed by atoms with Gasteiger partial charge in [0.2, 0.25) is 0 Å². The lowest BCUT2D eigenvalue weighted by Gasteiger charge is -2.32. The molecule has 1 atom stereocenters. The van der Waals surface area contributed by atoms with Gasteiger partial charge < -0.3 is 15.5 Å². The summed E-state index contributed by atoms with van der Waals surface area (Å²) in [5.74, 6) is -0.808. The molecule has 15 heavy (non-hydrogen) atoms. The molecule has 0 spiro atoms. The number of nitrogens with one attached hydrogen (secondary N) is 1. The van der Waals surface area contributed by atoms with E-state index >= 15 is 0 Å². The first-order valence-corrected chi connectivity index (χ1v) is 5.37. The fraction of sp³-hybridized carbons (Fsp3) is 0.909. The van der Waals surface area contributed by atoms with Gasteiger partial charge in [0.15, 0.2) is 0 Å². The number of carboxylic acids is 1. The van der Waals surface area contributed by atoms with Gasteiger partial charge in [-0.05, 0) is 33.6 Å². The minimum absolute atomic E-state index is 0.116. The van der Waals surface area contributed by atoms with E-state index < -0.39 is 11.4 Å². The summed E-state index contributed by atoms with van der Waals surface area (Å²) in [6, 6.07) is 0. The summed E-state index contributed by atoms with van der Waals surface area (Å²) >= 11 is 0. The van der Waals surface area contributed by atoms with Crippen LogP contribution < -0.4 is 5.32 Å². The summed E-state index contributed by atoms with van der Waals surface area (Å²) < 4.78 is 0. The van der Waals surface area contributed by atoms with E-state index in [2.05, 4.69) is 5.32 Å². The van der Waals surface area contributed by atoms with E-state index in [-0.39, 0.29) is 12.1 Å². The minimum atomic E-state index is -0.808. The van der Waals surface area contributed by atoms with Crippen LogP contribution in [0.4, 0.5) is 0 Å². The monoisotopic (exact) mass is 217 g/mol. The first-order chi connectivity index (χ1) is 6.77. The van der Waals surface area contributed by atoms with E-state index in [1.165, 1.54) is 0 Å². The van der Waals surface area contributed by atoms with Crippen molar-refractivity contribution >= 4 is 5.97 Å². The highest BCUT2D eigenvalue weighted by molar-refractivity contribution is 5.73. The molecule has 0 aromatic rings. The van der Waals surface area contributed by atoms with Crippen molar-refractivity contribution in [2.45, 2.75) is 46.1 Å². The third kappa shape index (κ3) is 4.62. The molecule has 3 N–H and O–H groups in total. The van der Waals surface area contributed by atoms with Crippen LogP contribution in [-0.4, -0.2) is 34.9 Å². The number of aliphatic hydroxyl groups excluding tert-OH is 1. The molecule has 0 rings (SSSR count). The third-order valence-corrected chi connectivity index (χ3v) is 2.98. The zero-order valence-electron chi connectivity index (χ0n) is 10.1. The quantitative estimate of drug-likeness (QED) is 0.600. The Labute approximate surface area is 91.7 Å². The molecule has 4 nitrogen and oxygen atoms in total. The lowest BCUT2D eigenvalue weighted by Crippen LogP contribution is -2.48. The number of rotatable bonds is 7. The van der Waals surface area contributed by atoms with Gasteiger partial charge in [-0.25, -0.2) is 0 Å². The summed E-state index contributed by atoms with van der Waals surface area (Å²) in [6.45, 7) is 7.93. The average molecular weight is 217 g/mol. The van der Waals surface area contributed by atoms with Gasteiger partial charge in [0.1, 0.15) is 0 Å². The summed E-state index contributed by atoms with van der Waals surface area (Å²) in [4.78, 5) is 10.9. The van der Waals surface area contributed by atoms with E-state index in [9.17, 15) is 4.79 Å². The Hall–Kier alpha value is -0.610. The van der Waals surface area contributed by atoms with Gasteiger partial charge in [-0.1, -0.05) is 6.92 Å². The van der Waals surface area contributed by atoms with Gasteiger partial charge in [0.05, 0.1) is 5.41 Å². The maximum atomic E-state index is 10.9. The molecule has 0 amide bonds. The molecule has 0 aliphatic rings. The van der Waals surface area contributed by atoms with Gasteiger partial charge >= 0.3 is 5.97 Å². The molecule has 0 heterocycles. The molecular weight excluding hydrogens is 194 g/mol. The highest BCUT2D eigenvalue weighted by atomic mass is 16.4. The topological polar surface area (TPSA) is 69.6 Å². The first kappa shape index (κ1) is 14.4. The fourth-order valence-corrected chi connectivity index (χ4v) is 1.15. The van der Waals surface area contributed by atoms with Crippen molar-refractivity contribution in [3.63, 3.8) is 0 Å². The van der Waals surface area contributed by atoms with Crippen LogP contribution in [0.15, 0.2) is 0 Å². The molecule has 0 radical (unpaired) electrons. The SMILES string of the molecule is CCC(C)(CCO)NCC(C)(C)C(=O)O. The molecule has 90 valence electrons. The van der Waals surface area contributed by atoms with Crippen LogP contribution in [0.25, 0.3) is 0 Å². The smallest absolute Gasteiger partial charge is 0.310 e. The molecule has 1 unspecified atom stereocenters. The van der Waals surface area contributed by atoms with Crippen LogP contribution in [0, 0.1) is 5.41 Å². The Balaban J connectivity index is 4.28. The number of carbonyl (C=O) groups is 1. The highest BCUT2D eigenvalue weighted by Crippen LogP contribution is 2.19. The third-order valence-electron chi connectivity index (χ3n) is 2.98. The van der Waals surface area contributed by atoms with E-state index in [1.54, 1.807) is 13.8 Å². The lowest BCUT2D eigenvalue weighted by molar-refractivity contribution is -0.146. The molecule has 0 saturated heterocycles. The van der Waals surface area contributed by atoms with E-state index in [0.29, 0.717) is 13.0 Å². The predicted molar refractivity (Wildman–Crippen MR) is 59.8 cm³/mol. The standard InChI is InChI=1S/C11H23NO3/c1-5-11(4,6-7-13)12-8-10(2,3)9(14)15/h12-13H,5-8H2,1-4H3,(H,14,15). The molecule has 0 aromatic carbocycles. The molecule has 0 bridgehead atoms. The van der Waals surface area contributed by atoms with Crippen LogP contribution in [0.2, 0.25) is 0 Å². The summed E-state index contributed by atoms with van der Waals surface area (Å²) in [5.41, 5.74) is -0.951. The van der Waals surface area contributed by atoms with Gasteiger partial charge in [-0.15, -0.1) is 0 Å². The molecule has 0 aliphatic heterocycles. The molecule has 0 aromatic heterocycles. The fourth-order valence-electron chi connectivity index (χ4n) is 1.15. The molecule has 0 fully saturated rings. The first-order valence-electron chi connectivity index (χ1n) is 5.37.